The molecule has 0 unspecified atom stereocenters. The molecule has 4 aromatic rings. The van der Waals surface area contributed by atoms with E-state index in [-0.39, 0.29) is 11.4 Å². The Morgan fingerprint density at radius 3 is 2.44 bits per heavy atom. The number of aromatic nitrogens is 1. The maximum Gasteiger partial charge on any atom is 0.341 e. The molecule has 1 aliphatic rings. The highest BCUT2D eigenvalue weighted by molar-refractivity contribution is 7.16. The van der Waals surface area contributed by atoms with Crippen LogP contribution in [0.5, 0.6) is 0 Å². The number of esters is 1. The highest BCUT2D eigenvalue weighted by Crippen LogP contribution is 2.40. The van der Waals surface area contributed by atoms with Gasteiger partial charge in [-0.05, 0) is 66.8 Å². The zero-order valence-corrected chi connectivity index (χ0v) is 23.0. The van der Waals surface area contributed by atoms with Crippen molar-refractivity contribution in [3.63, 3.8) is 0 Å². The maximum atomic E-state index is 13.0. The van der Waals surface area contributed by atoms with E-state index in [9.17, 15) is 4.79 Å². The van der Waals surface area contributed by atoms with Crippen LogP contribution in [0.15, 0.2) is 65.0 Å². The number of ether oxygens (including phenoxy) is 1. The van der Waals surface area contributed by atoms with Gasteiger partial charge in [0.05, 0.1) is 17.9 Å². The number of hydrogen-bond donors (Lipinski definition) is 0. The minimum atomic E-state index is -0.253. The van der Waals surface area contributed by atoms with Crippen molar-refractivity contribution in [3.8, 4) is 16.9 Å². The van der Waals surface area contributed by atoms with Crippen LogP contribution >= 0.6 is 22.7 Å². The second-order valence-corrected chi connectivity index (χ2v) is 12.0. The van der Waals surface area contributed by atoms with Gasteiger partial charge in [-0.15, -0.1) is 22.7 Å². The van der Waals surface area contributed by atoms with Crippen molar-refractivity contribution < 1.29 is 9.53 Å². The fourth-order valence-electron chi connectivity index (χ4n) is 4.69. The van der Waals surface area contributed by atoms with Gasteiger partial charge in [0, 0.05) is 15.9 Å². The highest BCUT2D eigenvalue weighted by Gasteiger charge is 2.26. The molecule has 0 radical (unpaired) electrons. The molecular formula is C30H32N2O2S2. The number of carbonyl (C=O) groups excluding carboxylic acids is 1. The lowest BCUT2D eigenvalue weighted by Crippen LogP contribution is -2.14. The lowest BCUT2D eigenvalue weighted by atomic mass is 9.86. The number of nitrogens with zero attached hydrogens (tertiary/aromatic N) is 2. The third kappa shape index (κ3) is 4.84. The summed E-state index contributed by atoms with van der Waals surface area (Å²) in [7, 11) is 0. The monoisotopic (exact) mass is 516 g/mol. The molecule has 0 saturated carbocycles. The Morgan fingerprint density at radius 1 is 1.03 bits per heavy atom. The zero-order valence-electron chi connectivity index (χ0n) is 21.3. The van der Waals surface area contributed by atoms with Crippen LogP contribution in [-0.4, -0.2) is 17.1 Å². The van der Waals surface area contributed by atoms with Crippen molar-refractivity contribution in [1.29, 1.82) is 0 Å². The van der Waals surface area contributed by atoms with Crippen LogP contribution in [0, 0.1) is 0 Å². The molecule has 0 saturated heterocycles. The number of hydrogen-bond acceptors (Lipinski definition) is 5. The number of rotatable bonds is 5. The maximum absolute atomic E-state index is 13.0. The van der Waals surface area contributed by atoms with Crippen molar-refractivity contribution in [3.05, 3.63) is 86.3 Å². The smallest absolute Gasteiger partial charge is 0.341 e. The molecule has 2 heterocycles. The summed E-state index contributed by atoms with van der Waals surface area (Å²) in [5.41, 5.74) is 6.49. The summed E-state index contributed by atoms with van der Waals surface area (Å²) >= 11 is 3.25. The van der Waals surface area contributed by atoms with Gasteiger partial charge < -0.3 is 4.74 Å². The molecule has 4 nitrogen and oxygen atoms in total. The summed E-state index contributed by atoms with van der Waals surface area (Å²) in [6, 6.07) is 19.1. The number of thiazole rings is 1. The van der Waals surface area contributed by atoms with Gasteiger partial charge in [-0.3, -0.25) is 4.57 Å². The molecular weight excluding hydrogens is 484 g/mol. The summed E-state index contributed by atoms with van der Waals surface area (Å²) in [5.74, 6) is -0.253. The van der Waals surface area contributed by atoms with Crippen molar-refractivity contribution in [2.45, 2.75) is 58.8 Å². The summed E-state index contributed by atoms with van der Waals surface area (Å²) in [4.78, 5) is 20.3. The van der Waals surface area contributed by atoms with E-state index in [0.29, 0.717) is 12.2 Å². The summed E-state index contributed by atoms with van der Waals surface area (Å²) < 4.78 is 7.66. The molecule has 6 heteroatoms. The predicted octanol–water partition coefficient (Wildman–Crippen LogP) is 7.85. The minimum Gasteiger partial charge on any atom is -0.462 e. The average molecular weight is 517 g/mol. The van der Waals surface area contributed by atoms with Crippen molar-refractivity contribution in [1.82, 2.24) is 4.57 Å². The lowest BCUT2D eigenvalue weighted by Gasteiger charge is -2.19. The first-order chi connectivity index (χ1) is 17.4. The molecule has 1 aliphatic carbocycles. The Hall–Kier alpha value is -2.96. The molecule has 2 aromatic heterocycles. The molecule has 0 fully saturated rings. The number of thiophene rings is 1. The molecule has 5 rings (SSSR count). The van der Waals surface area contributed by atoms with E-state index in [0.717, 1.165) is 58.0 Å². The van der Waals surface area contributed by atoms with Crippen LogP contribution in [0.25, 0.3) is 16.9 Å². The molecule has 0 aliphatic heterocycles. The van der Waals surface area contributed by atoms with Gasteiger partial charge in [0.2, 0.25) is 0 Å². The van der Waals surface area contributed by atoms with Gasteiger partial charge in [-0.1, -0.05) is 63.2 Å². The Labute approximate surface area is 220 Å². The quantitative estimate of drug-likeness (QED) is 0.254. The van der Waals surface area contributed by atoms with Crippen molar-refractivity contribution >= 4 is 33.6 Å². The summed E-state index contributed by atoms with van der Waals surface area (Å²) in [6.45, 7) is 8.91. The third-order valence-corrected chi connectivity index (χ3v) is 8.61. The zero-order chi connectivity index (χ0) is 25.3. The standard InChI is InChI=1S/C30H32N2O2S2/c1-5-34-28(33)26-23-13-9-10-14-25(23)36-27(26)31-29-32(22-11-7-6-8-12-22)24(19-35-29)20-15-17-21(18-16-20)30(2,3)4/h6-8,11-12,15-19H,5,9-10,13-14H2,1-4H3/b31-29-. The summed E-state index contributed by atoms with van der Waals surface area (Å²) in [5, 5.41) is 2.93. The van der Waals surface area contributed by atoms with E-state index < -0.39 is 0 Å². The first-order valence-electron chi connectivity index (χ1n) is 12.6. The average Bonchev–Trinajstić information content (AvgIpc) is 3.45. The first-order valence-corrected chi connectivity index (χ1v) is 14.3. The normalized spacial score (nSPS) is 14.1. The second kappa shape index (κ2) is 10.2. The first kappa shape index (κ1) is 24.7. The number of para-hydroxylation sites is 1. The van der Waals surface area contributed by atoms with E-state index in [4.69, 9.17) is 9.73 Å². The molecule has 0 spiro atoms. The van der Waals surface area contributed by atoms with Crippen LogP contribution < -0.4 is 4.80 Å². The molecule has 36 heavy (non-hydrogen) atoms. The van der Waals surface area contributed by atoms with Crippen LogP contribution in [0.2, 0.25) is 0 Å². The van der Waals surface area contributed by atoms with E-state index in [1.807, 2.05) is 25.1 Å². The van der Waals surface area contributed by atoms with Gasteiger partial charge in [0.1, 0.15) is 5.00 Å². The number of carbonyl (C=O) groups is 1. The van der Waals surface area contributed by atoms with Crippen molar-refractivity contribution in [2.24, 2.45) is 4.99 Å². The van der Waals surface area contributed by atoms with Gasteiger partial charge in [0.15, 0.2) is 4.80 Å². The minimum absolute atomic E-state index is 0.102. The van der Waals surface area contributed by atoms with Gasteiger partial charge in [0.25, 0.3) is 0 Å². The van der Waals surface area contributed by atoms with E-state index in [1.165, 1.54) is 10.4 Å². The van der Waals surface area contributed by atoms with Crippen molar-refractivity contribution in [2.75, 3.05) is 6.61 Å². The molecule has 0 N–H and O–H groups in total. The van der Waals surface area contributed by atoms with Gasteiger partial charge in [-0.25, -0.2) is 9.79 Å². The SMILES string of the molecule is CCOC(=O)c1c(/N=c2\scc(-c3ccc(C(C)(C)C)cc3)n2-c2ccccc2)sc2c1CCCC2. The van der Waals surface area contributed by atoms with E-state index >= 15 is 0 Å². The Bertz CT molecular complexity index is 1440. The third-order valence-electron chi connectivity index (χ3n) is 6.60. The van der Waals surface area contributed by atoms with Crippen LogP contribution in [0.4, 0.5) is 5.00 Å². The molecule has 0 bridgehead atoms. The number of fused-ring (bicyclic) bond motifs is 1. The Balaban J connectivity index is 1.69. The largest absolute Gasteiger partial charge is 0.462 e. The number of aryl methyl sites for hydroxylation is 1. The molecule has 0 amide bonds. The van der Waals surface area contributed by atoms with Crippen LogP contribution in [0.3, 0.4) is 0 Å². The predicted molar refractivity (Wildman–Crippen MR) is 150 cm³/mol. The lowest BCUT2D eigenvalue weighted by molar-refractivity contribution is 0.0526. The topological polar surface area (TPSA) is 43.6 Å². The summed E-state index contributed by atoms with van der Waals surface area (Å²) in [6.07, 6.45) is 4.20. The molecule has 0 atom stereocenters. The van der Waals surface area contributed by atoms with E-state index in [1.54, 1.807) is 22.7 Å². The Kier molecular flexibility index (Phi) is 7.00. The van der Waals surface area contributed by atoms with E-state index in [2.05, 4.69) is 67.1 Å². The van der Waals surface area contributed by atoms with Gasteiger partial charge in [-0.2, -0.15) is 0 Å². The highest BCUT2D eigenvalue weighted by atomic mass is 32.1. The van der Waals surface area contributed by atoms with Crippen LogP contribution in [0.1, 0.15) is 66.9 Å². The number of benzene rings is 2. The molecule has 2 aromatic carbocycles. The fraction of sp³-hybridized carbons (Fsp3) is 0.333. The molecule has 186 valence electrons. The fourth-order valence-corrected chi connectivity index (χ4v) is 6.91. The second-order valence-electron chi connectivity index (χ2n) is 10.1. The Morgan fingerprint density at radius 2 is 1.75 bits per heavy atom. The van der Waals surface area contributed by atoms with Gasteiger partial charge >= 0.3 is 5.97 Å². The van der Waals surface area contributed by atoms with Crippen LogP contribution in [-0.2, 0) is 23.0 Å².